The Morgan fingerprint density at radius 3 is 2.23 bits per heavy atom. The summed E-state index contributed by atoms with van der Waals surface area (Å²) >= 11 is 0. The standard InChI is InChI=1S/C11H22N2/c12-8-10-7-11(10)9-13-5-3-1-2-4-6-13/h10-11H,1-9,12H2/t10-,11-/m0/s1. The molecule has 2 nitrogen and oxygen atoms in total. The van der Waals surface area contributed by atoms with Crippen molar-refractivity contribution in [3.63, 3.8) is 0 Å². The molecule has 0 aromatic rings. The van der Waals surface area contributed by atoms with E-state index in [1.165, 1.54) is 51.7 Å². The minimum atomic E-state index is 0.864. The predicted octanol–water partition coefficient (Wildman–Crippen LogP) is 1.46. The molecular formula is C11H22N2. The van der Waals surface area contributed by atoms with Gasteiger partial charge < -0.3 is 10.6 Å². The molecule has 2 rings (SSSR count). The van der Waals surface area contributed by atoms with E-state index in [2.05, 4.69) is 4.90 Å². The Kier molecular flexibility index (Phi) is 3.23. The van der Waals surface area contributed by atoms with Crippen LogP contribution in [0, 0.1) is 11.8 Å². The molecule has 2 fully saturated rings. The van der Waals surface area contributed by atoms with Gasteiger partial charge in [-0.25, -0.2) is 0 Å². The molecule has 2 atom stereocenters. The average Bonchev–Trinajstić information content (AvgIpc) is 2.90. The van der Waals surface area contributed by atoms with E-state index in [9.17, 15) is 0 Å². The van der Waals surface area contributed by atoms with Crippen molar-refractivity contribution in [2.24, 2.45) is 17.6 Å². The van der Waals surface area contributed by atoms with Crippen LogP contribution >= 0.6 is 0 Å². The second kappa shape index (κ2) is 4.43. The van der Waals surface area contributed by atoms with Crippen LogP contribution in [0.5, 0.6) is 0 Å². The van der Waals surface area contributed by atoms with E-state index in [0.717, 1.165) is 18.4 Å². The normalized spacial score (nSPS) is 35.8. The number of hydrogen-bond donors (Lipinski definition) is 1. The number of rotatable bonds is 3. The maximum Gasteiger partial charge on any atom is 0.00129 e. The lowest BCUT2D eigenvalue weighted by molar-refractivity contribution is 0.269. The summed E-state index contributed by atoms with van der Waals surface area (Å²) in [7, 11) is 0. The first-order chi connectivity index (χ1) is 6.40. The van der Waals surface area contributed by atoms with E-state index in [1.54, 1.807) is 0 Å². The quantitative estimate of drug-likeness (QED) is 0.716. The van der Waals surface area contributed by atoms with Crippen LogP contribution in [0.2, 0.25) is 0 Å². The van der Waals surface area contributed by atoms with Crippen molar-refractivity contribution >= 4 is 0 Å². The van der Waals surface area contributed by atoms with Gasteiger partial charge in [-0.2, -0.15) is 0 Å². The van der Waals surface area contributed by atoms with Crippen molar-refractivity contribution in [3.8, 4) is 0 Å². The van der Waals surface area contributed by atoms with Gasteiger partial charge in [0.25, 0.3) is 0 Å². The van der Waals surface area contributed by atoms with Crippen molar-refractivity contribution in [2.75, 3.05) is 26.2 Å². The molecule has 1 heterocycles. The molecule has 76 valence electrons. The Morgan fingerprint density at radius 1 is 1.00 bits per heavy atom. The predicted molar refractivity (Wildman–Crippen MR) is 55.6 cm³/mol. The van der Waals surface area contributed by atoms with E-state index in [4.69, 9.17) is 5.73 Å². The first-order valence-electron chi connectivity index (χ1n) is 5.82. The zero-order chi connectivity index (χ0) is 9.10. The number of nitrogens with zero attached hydrogens (tertiary/aromatic N) is 1. The highest BCUT2D eigenvalue weighted by molar-refractivity contribution is 4.89. The molecule has 1 aliphatic carbocycles. The summed E-state index contributed by atoms with van der Waals surface area (Å²) in [6, 6.07) is 0. The fourth-order valence-corrected chi connectivity index (χ4v) is 2.47. The summed E-state index contributed by atoms with van der Waals surface area (Å²) in [6.45, 7) is 4.93. The summed E-state index contributed by atoms with van der Waals surface area (Å²) in [5, 5.41) is 0. The SMILES string of the molecule is NC[C@@H]1C[C@H]1CN1CCCCCC1. The molecule has 0 bridgehead atoms. The maximum atomic E-state index is 5.64. The van der Waals surface area contributed by atoms with Gasteiger partial charge in [0, 0.05) is 6.54 Å². The van der Waals surface area contributed by atoms with Crippen molar-refractivity contribution in [1.82, 2.24) is 4.90 Å². The molecule has 1 saturated heterocycles. The summed E-state index contributed by atoms with van der Waals surface area (Å²) < 4.78 is 0. The molecule has 1 aliphatic heterocycles. The molecule has 0 aromatic carbocycles. The Hall–Kier alpha value is -0.0800. The van der Waals surface area contributed by atoms with Crippen molar-refractivity contribution in [3.05, 3.63) is 0 Å². The Balaban J connectivity index is 1.68. The third-order valence-electron chi connectivity index (χ3n) is 3.56. The van der Waals surface area contributed by atoms with Gasteiger partial charge in [-0.15, -0.1) is 0 Å². The third kappa shape index (κ3) is 2.68. The van der Waals surface area contributed by atoms with Gasteiger partial charge in [0.2, 0.25) is 0 Å². The third-order valence-corrected chi connectivity index (χ3v) is 3.56. The lowest BCUT2D eigenvalue weighted by Gasteiger charge is -2.19. The second-order valence-corrected chi connectivity index (χ2v) is 4.71. The van der Waals surface area contributed by atoms with Gasteiger partial charge >= 0.3 is 0 Å². The first-order valence-corrected chi connectivity index (χ1v) is 5.82. The van der Waals surface area contributed by atoms with E-state index in [0.29, 0.717) is 0 Å². The Bertz CT molecular complexity index is 150. The smallest absolute Gasteiger partial charge is 0.00129 e. The van der Waals surface area contributed by atoms with E-state index in [-0.39, 0.29) is 0 Å². The van der Waals surface area contributed by atoms with Crippen molar-refractivity contribution in [1.29, 1.82) is 0 Å². The second-order valence-electron chi connectivity index (χ2n) is 4.71. The van der Waals surface area contributed by atoms with Gasteiger partial charge in [0.15, 0.2) is 0 Å². The molecule has 2 heteroatoms. The fraction of sp³-hybridized carbons (Fsp3) is 1.00. The summed E-state index contributed by atoms with van der Waals surface area (Å²) in [5.74, 6) is 1.81. The van der Waals surface area contributed by atoms with Crippen LogP contribution in [0.25, 0.3) is 0 Å². The zero-order valence-corrected chi connectivity index (χ0v) is 8.54. The van der Waals surface area contributed by atoms with Crippen LogP contribution in [-0.2, 0) is 0 Å². The molecule has 1 saturated carbocycles. The highest BCUT2D eigenvalue weighted by Gasteiger charge is 2.36. The first kappa shape index (κ1) is 9.47. The average molecular weight is 182 g/mol. The van der Waals surface area contributed by atoms with Crippen molar-refractivity contribution < 1.29 is 0 Å². The van der Waals surface area contributed by atoms with Gasteiger partial charge in [0.05, 0.1) is 0 Å². The van der Waals surface area contributed by atoms with Gasteiger partial charge in [-0.3, -0.25) is 0 Å². The fourth-order valence-electron chi connectivity index (χ4n) is 2.47. The highest BCUT2D eigenvalue weighted by Crippen LogP contribution is 2.38. The van der Waals surface area contributed by atoms with E-state index < -0.39 is 0 Å². The zero-order valence-electron chi connectivity index (χ0n) is 8.54. The van der Waals surface area contributed by atoms with Crippen LogP contribution in [0.3, 0.4) is 0 Å². The Labute approximate surface area is 81.5 Å². The molecule has 0 unspecified atom stereocenters. The lowest BCUT2D eigenvalue weighted by Crippen LogP contribution is -2.27. The summed E-state index contributed by atoms with van der Waals surface area (Å²) in [5.41, 5.74) is 5.64. The molecule has 0 radical (unpaired) electrons. The number of nitrogens with two attached hydrogens (primary N) is 1. The van der Waals surface area contributed by atoms with E-state index in [1.807, 2.05) is 0 Å². The van der Waals surface area contributed by atoms with Crippen LogP contribution < -0.4 is 5.73 Å². The van der Waals surface area contributed by atoms with Gasteiger partial charge in [-0.05, 0) is 50.7 Å². The topological polar surface area (TPSA) is 29.3 Å². The molecule has 0 spiro atoms. The van der Waals surface area contributed by atoms with Crippen LogP contribution in [0.1, 0.15) is 32.1 Å². The summed E-state index contributed by atoms with van der Waals surface area (Å²) in [4.78, 5) is 2.66. The minimum absolute atomic E-state index is 0.864. The molecule has 2 aliphatic rings. The van der Waals surface area contributed by atoms with Crippen molar-refractivity contribution in [2.45, 2.75) is 32.1 Å². The van der Waals surface area contributed by atoms with Gasteiger partial charge in [0.1, 0.15) is 0 Å². The van der Waals surface area contributed by atoms with Crippen LogP contribution in [-0.4, -0.2) is 31.1 Å². The maximum absolute atomic E-state index is 5.64. The summed E-state index contributed by atoms with van der Waals surface area (Å²) in [6.07, 6.45) is 7.12. The molecule has 2 N–H and O–H groups in total. The minimum Gasteiger partial charge on any atom is -0.330 e. The number of likely N-dealkylation sites (tertiary alicyclic amines) is 1. The molecular weight excluding hydrogens is 160 g/mol. The molecule has 13 heavy (non-hydrogen) atoms. The Morgan fingerprint density at radius 2 is 1.69 bits per heavy atom. The van der Waals surface area contributed by atoms with E-state index >= 15 is 0 Å². The van der Waals surface area contributed by atoms with Crippen LogP contribution in [0.15, 0.2) is 0 Å². The molecule has 0 amide bonds. The number of hydrogen-bond acceptors (Lipinski definition) is 2. The largest absolute Gasteiger partial charge is 0.330 e. The highest BCUT2D eigenvalue weighted by atomic mass is 15.1. The monoisotopic (exact) mass is 182 g/mol. The lowest BCUT2D eigenvalue weighted by atomic mass is 10.2. The van der Waals surface area contributed by atoms with Crippen LogP contribution in [0.4, 0.5) is 0 Å². The molecule has 0 aromatic heterocycles. The van der Waals surface area contributed by atoms with Gasteiger partial charge in [-0.1, -0.05) is 12.8 Å².